The maximum atomic E-state index is 5.46. The normalized spacial score (nSPS) is 17.7. The molecule has 3 heterocycles. The Morgan fingerprint density at radius 2 is 2.29 bits per heavy atom. The van der Waals surface area contributed by atoms with E-state index in [1.165, 1.54) is 0 Å². The fourth-order valence-electron chi connectivity index (χ4n) is 2.75. The van der Waals surface area contributed by atoms with Crippen LogP contribution in [-0.2, 0) is 6.42 Å². The van der Waals surface area contributed by atoms with Crippen LogP contribution in [-0.4, -0.2) is 30.5 Å². The van der Waals surface area contributed by atoms with Gasteiger partial charge in [-0.2, -0.15) is 20.4 Å². The van der Waals surface area contributed by atoms with Crippen LogP contribution in [0.2, 0.25) is 0 Å². The van der Waals surface area contributed by atoms with Crippen molar-refractivity contribution in [3.63, 3.8) is 0 Å². The van der Waals surface area contributed by atoms with Gasteiger partial charge in [0.25, 0.3) is 0 Å². The molecule has 0 spiro atoms. The lowest BCUT2D eigenvalue weighted by molar-refractivity contribution is 0.352. The van der Waals surface area contributed by atoms with E-state index in [1.54, 1.807) is 6.20 Å². The number of aromatic nitrogens is 6. The molecule has 0 saturated heterocycles. The van der Waals surface area contributed by atoms with Crippen molar-refractivity contribution >= 4 is 0 Å². The number of hydrogen-bond acceptors (Lipinski definition) is 6. The first-order valence-corrected chi connectivity index (χ1v) is 6.97. The van der Waals surface area contributed by atoms with Crippen molar-refractivity contribution in [2.75, 3.05) is 0 Å². The summed E-state index contributed by atoms with van der Waals surface area (Å²) >= 11 is 0. The highest BCUT2D eigenvalue weighted by atomic mass is 16.5. The van der Waals surface area contributed by atoms with Crippen LogP contribution in [0.15, 0.2) is 22.9 Å². The van der Waals surface area contributed by atoms with Gasteiger partial charge >= 0.3 is 0 Å². The van der Waals surface area contributed by atoms with Gasteiger partial charge in [-0.05, 0) is 38.3 Å². The van der Waals surface area contributed by atoms with E-state index in [4.69, 9.17) is 4.52 Å². The first-order valence-electron chi connectivity index (χ1n) is 6.97. The van der Waals surface area contributed by atoms with Crippen LogP contribution in [0, 0.1) is 6.92 Å². The second-order valence-corrected chi connectivity index (χ2v) is 5.24. The predicted molar refractivity (Wildman–Crippen MR) is 73.4 cm³/mol. The molecule has 0 aromatic carbocycles. The Bertz CT molecular complexity index is 777. The summed E-state index contributed by atoms with van der Waals surface area (Å²) in [5, 5.41) is 15.2. The summed E-state index contributed by atoms with van der Waals surface area (Å²) in [6.07, 6.45) is 4.71. The molecule has 1 atom stereocenters. The van der Waals surface area contributed by atoms with Gasteiger partial charge in [-0.15, -0.1) is 0 Å². The number of pyridine rings is 1. The number of nitrogens with zero attached hydrogens (tertiary/aromatic N) is 5. The molecule has 1 N–H and O–H groups in total. The minimum atomic E-state index is 0.0386. The molecule has 0 amide bonds. The summed E-state index contributed by atoms with van der Waals surface area (Å²) in [6, 6.07) is 3.82. The molecule has 106 valence electrons. The summed E-state index contributed by atoms with van der Waals surface area (Å²) in [4.78, 5) is 8.71. The molecule has 7 nitrogen and oxygen atoms in total. The summed E-state index contributed by atoms with van der Waals surface area (Å²) in [6.45, 7) is 1.94. The molecule has 0 saturated carbocycles. The molecule has 4 rings (SSSR count). The van der Waals surface area contributed by atoms with Gasteiger partial charge in [0.15, 0.2) is 0 Å². The fourth-order valence-corrected chi connectivity index (χ4v) is 2.75. The molecule has 0 radical (unpaired) electrons. The highest BCUT2D eigenvalue weighted by Crippen LogP contribution is 2.34. The van der Waals surface area contributed by atoms with Crippen molar-refractivity contribution in [3.8, 4) is 11.4 Å². The average Bonchev–Trinajstić information content (AvgIpc) is 3.16. The molecule has 3 aromatic heterocycles. The third kappa shape index (κ3) is 2.10. The Hall–Kier alpha value is -2.57. The van der Waals surface area contributed by atoms with Crippen molar-refractivity contribution in [2.45, 2.75) is 32.1 Å². The van der Waals surface area contributed by atoms with Crippen molar-refractivity contribution < 1.29 is 4.52 Å². The van der Waals surface area contributed by atoms with Gasteiger partial charge in [-0.1, -0.05) is 5.16 Å². The SMILES string of the molecule is Cc1cc(-c2noc(C3CCCc4n[nH]nc43)n2)ccn1. The smallest absolute Gasteiger partial charge is 0.236 e. The van der Waals surface area contributed by atoms with Crippen LogP contribution in [0.1, 0.15) is 41.7 Å². The molecule has 1 unspecified atom stereocenters. The van der Waals surface area contributed by atoms with Crippen LogP contribution in [0.5, 0.6) is 0 Å². The number of aromatic amines is 1. The molecule has 7 heteroatoms. The van der Waals surface area contributed by atoms with E-state index >= 15 is 0 Å². The third-order valence-corrected chi connectivity index (χ3v) is 3.78. The van der Waals surface area contributed by atoms with Crippen LogP contribution >= 0.6 is 0 Å². The molecular formula is C14H14N6O. The van der Waals surface area contributed by atoms with Crippen LogP contribution < -0.4 is 0 Å². The maximum absolute atomic E-state index is 5.46. The van der Waals surface area contributed by atoms with E-state index in [0.717, 1.165) is 41.9 Å². The molecule has 1 aliphatic carbocycles. The van der Waals surface area contributed by atoms with Gasteiger partial charge in [0.2, 0.25) is 11.7 Å². The van der Waals surface area contributed by atoms with Gasteiger partial charge in [0.05, 0.1) is 17.3 Å². The Labute approximate surface area is 120 Å². The van der Waals surface area contributed by atoms with Gasteiger partial charge in [0.1, 0.15) is 0 Å². The Morgan fingerprint density at radius 3 is 3.19 bits per heavy atom. The van der Waals surface area contributed by atoms with Gasteiger partial charge in [-0.25, -0.2) is 0 Å². The molecule has 1 aliphatic rings. The molecule has 0 aliphatic heterocycles. The lowest BCUT2D eigenvalue weighted by atomic mass is 9.90. The van der Waals surface area contributed by atoms with E-state index < -0.39 is 0 Å². The second-order valence-electron chi connectivity index (χ2n) is 5.24. The summed E-state index contributed by atoms with van der Waals surface area (Å²) in [7, 11) is 0. The zero-order chi connectivity index (χ0) is 14.2. The van der Waals surface area contributed by atoms with Gasteiger partial charge < -0.3 is 4.52 Å². The zero-order valence-corrected chi connectivity index (χ0v) is 11.6. The van der Waals surface area contributed by atoms with Gasteiger partial charge in [0, 0.05) is 17.5 Å². The van der Waals surface area contributed by atoms with E-state index in [2.05, 4.69) is 30.5 Å². The number of nitrogens with one attached hydrogen (secondary N) is 1. The molecular weight excluding hydrogens is 268 g/mol. The number of aryl methyl sites for hydroxylation is 2. The third-order valence-electron chi connectivity index (χ3n) is 3.78. The van der Waals surface area contributed by atoms with Crippen LogP contribution in [0.3, 0.4) is 0 Å². The van der Waals surface area contributed by atoms with E-state index in [0.29, 0.717) is 11.7 Å². The lowest BCUT2D eigenvalue weighted by Crippen LogP contribution is -2.11. The first kappa shape index (κ1) is 12.2. The largest absolute Gasteiger partial charge is 0.338 e. The number of H-pyrrole nitrogens is 1. The topological polar surface area (TPSA) is 93.4 Å². The van der Waals surface area contributed by atoms with E-state index in [-0.39, 0.29) is 5.92 Å². The molecule has 0 fully saturated rings. The summed E-state index contributed by atoms with van der Waals surface area (Å²) in [5.41, 5.74) is 3.78. The lowest BCUT2D eigenvalue weighted by Gasteiger charge is -2.15. The summed E-state index contributed by atoms with van der Waals surface area (Å²) < 4.78 is 5.46. The quantitative estimate of drug-likeness (QED) is 0.773. The maximum Gasteiger partial charge on any atom is 0.236 e. The van der Waals surface area contributed by atoms with Crippen LogP contribution in [0.25, 0.3) is 11.4 Å². The van der Waals surface area contributed by atoms with E-state index in [1.807, 2.05) is 19.1 Å². The Kier molecular flexibility index (Phi) is 2.77. The number of rotatable bonds is 2. The number of fused-ring (bicyclic) bond motifs is 1. The highest BCUT2D eigenvalue weighted by Gasteiger charge is 2.30. The monoisotopic (exact) mass is 282 g/mol. The van der Waals surface area contributed by atoms with Crippen molar-refractivity contribution in [3.05, 3.63) is 41.3 Å². The second kappa shape index (κ2) is 4.76. The minimum Gasteiger partial charge on any atom is -0.338 e. The minimum absolute atomic E-state index is 0.0386. The average molecular weight is 282 g/mol. The van der Waals surface area contributed by atoms with E-state index in [9.17, 15) is 0 Å². The van der Waals surface area contributed by atoms with Crippen molar-refractivity contribution in [2.24, 2.45) is 0 Å². The summed E-state index contributed by atoms with van der Waals surface area (Å²) in [5.74, 6) is 1.23. The molecule has 21 heavy (non-hydrogen) atoms. The van der Waals surface area contributed by atoms with Crippen molar-refractivity contribution in [1.82, 2.24) is 30.5 Å². The molecule has 3 aromatic rings. The predicted octanol–water partition coefficient (Wildman–Crippen LogP) is 2.03. The van der Waals surface area contributed by atoms with Gasteiger partial charge in [-0.3, -0.25) is 4.98 Å². The molecule has 0 bridgehead atoms. The first-order chi connectivity index (χ1) is 10.3. The Balaban J connectivity index is 1.70. The Morgan fingerprint density at radius 1 is 1.33 bits per heavy atom. The highest BCUT2D eigenvalue weighted by molar-refractivity contribution is 5.54. The fraction of sp³-hybridized carbons (Fsp3) is 0.357. The number of hydrogen-bond donors (Lipinski definition) is 1. The van der Waals surface area contributed by atoms with Crippen LogP contribution in [0.4, 0.5) is 0 Å². The zero-order valence-electron chi connectivity index (χ0n) is 11.6. The standard InChI is InChI=1S/C14H14N6O/c1-8-7-9(5-6-15-8)13-16-14(21-19-13)10-3-2-4-11-12(10)18-20-17-11/h5-7,10H,2-4H2,1H3,(H,17,18,20). The van der Waals surface area contributed by atoms with Crippen molar-refractivity contribution in [1.29, 1.82) is 0 Å².